The van der Waals surface area contributed by atoms with Gasteiger partial charge in [0.05, 0.1) is 0 Å². The Kier molecular flexibility index (Phi) is 5.98. The Balaban J connectivity index is 1.36. The average molecular weight is 387 g/mol. The summed E-state index contributed by atoms with van der Waals surface area (Å²) in [5.41, 5.74) is 1.07. The fraction of sp³-hybridized carbons (Fsp3) is 0.652. The van der Waals surface area contributed by atoms with E-state index in [2.05, 4.69) is 4.90 Å². The van der Waals surface area contributed by atoms with Crippen molar-refractivity contribution in [3.8, 4) is 0 Å². The first-order valence-corrected chi connectivity index (χ1v) is 11.0. The van der Waals surface area contributed by atoms with Crippen molar-refractivity contribution in [3.63, 3.8) is 0 Å². The second kappa shape index (κ2) is 8.62. The van der Waals surface area contributed by atoms with Crippen molar-refractivity contribution in [3.05, 3.63) is 35.6 Å². The molecule has 2 amide bonds. The van der Waals surface area contributed by atoms with Gasteiger partial charge >= 0.3 is 0 Å². The van der Waals surface area contributed by atoms with Crippen LogP contribution in [0.3, 0.4) is 0 Å². The minimum atomic E-state index is -0.222. The van der Waals surface area contributed by atoms with Crippen molar-refractivity contribution in [2.75, 3.05) is 19.6 Å². The maximum absolute atomic E-state index is 13.3. The van der Waals surface area contributed by atoms with E-state index in [4.69, 9.17) is 0 Å². The topological polar surface area (TPSA) is 40.6 Å². The molecule has 2 aliphatic carbocycles. The number of halogens is 1. The highest BCUT2D eigenvalue weighted by molar-refractivity contribution is 5.82. The lowest BCUT2D eigenvalue weighted by Crippen LogP contribution is -2.48. The van der Waals surface area contributed by atoms with Gasteiger partial charge in [-0.2, -0.15) is 0 Å². The molecule has 0 spiro atoms. The fourth-order valence-corrected chi connectivity index (χ4v) is 4.76. The standard InChI is InChI=1S/C23H31FN2O2/c24-20-9-5-17(6-10-20)11-16-26(21-3-1-2-4-21)23(28)19-12-14-25(15-13-19)22(27)18-7-8-18/h5-6,9-10,18-19,21H,1-4,7-8,11-16H2. The zero-order valence-electron chi connectivity index (χ0n) is 16.6. The minimum Gasteiger partial charge on any atom is -0.342 e. The first-order chi connectivity index (χ1) is 13.6. The number of benzene rings is 1. The van der Waals surface area contributed by atoms with Gasteiger partial charge in [-0.1, -0.05) is 25.0 Å². The van der Waals surface area contributed by atoms with Crippen molar-refractivity contribution in [1.29, 1.82) is 0 Å². The Morgan fingerprint density at radius 3 is 2.18 bits per heavy atom. The summed E-state index contributed by atoms with van der Waals surface area (Å²) in [5, 5.41) is 0. The van der Waals surface area contributed by atoms with E-state index in [1.165, 1.54) is 25.0 Å². The van der Waals surface area contributed by atoms with E-state index in [9.17, 15) is 14.0 Å². The number of rotatable bonds is 6. The van der Waals surface area contributed by atoms with E-state index in [0.717, 1.165) is 63.6 Å². The summed E-state index contributed by atoms with van der Waals surface area (Å²) in [7, 11) is 0. The summed E-state index contributed by atoms with van der Waals surface area (Å²) < 4.78 is 13.2. The molecule has 152 valence electrons. The molecule has 1 heterocycles. The van der Waals surface area contributed by atoms with Crippen molar-refractivity contribution in [1.82, 2.24) is 9.80 Å². The number of carbonyl (C=O) groups is 2. The Hall–Kier alpha value is -1.91. The first kappa shape index (κ1) is 19.4. The van der Waals surface area contributed by atoms with Gasteiger partial charge in [0.25, 0.3) is 0 Å². The third kappa shape index (κ3) is 4.56. The minimum absolute atomic E-state index is 0.0390. The number of hydrogen-bond donors (Lipinski definition) is 0. The molecule has 4 nitrogen and oxygen atoms in total. The van der Waals surface area contributed by atoms with Crippen LogP contribution in [-0.2, 0) is 16.0 Å². The van der Waals surface area contributed by atoms with E-state index >= 15 is 0 Å². The normalized spacial score (nSPS) is 21.1. The van der Waals surface area contributed by atoms with Gasteiger partial charge in [0, 0.05) is 37.5 Å². The molecule has 1 aromatic carbocycles. The first-order valence-electron chi connectivity index (χ1n) is 11.0. The summed E-state index contributed by atoms with van der Waals surface area (Å²) in [6, 6.07) is 6.95. The highest BCUT2D eigenvalue weighted by Gasteiger charge is 2.37. The van der Waals surface area contributed by atoms with E-state index in [1.807, 2.05) is 17.0 Å². The van der Waals surface area contributed by atoms with Gasteiger partial charge in [-0.25, -0.2) is 4.39 Å². The van der Waals surface area contributed by atoms with E-state index in [0.29, 0.717) is 18.5 Å². The number of hydrogen-bond acceptors (Lipinski definition) is 2. The third-order valence-electron chi connectivity index (χ3n) is 6.69. The molecule has 3 fully saturated rings. The molecule has 1 saturated heterocycles. The fourth-order valence-electron chi connectivity index (χ4n) is 4.76. The molecule has 28 heavy (non-hydrogen) atoms. The molecule has 0 bridgehead atoms. The molecule has 1 aromatic rings. The zero-order valence-corrected chi connectivity index (χ0v) is 16.6. The van der Waals surface area contributed by atoms with Gasteiger partial charge in [0.15, 0.2) is 0 Å². The third-order valence-corrected chi connectivity index (χ3v) is 6.69. The van der Waals surface area contributed by atoms with Crippen LogP contribution in [0.2, 0.25) is 0 Å². The number of nitrogens with zero attached hydrogens (tertiary/aromatic N) is 2. The predicted octanol–water partition coefficient (Wildman–Crippen LogP) is 3.79. The second-order valence-electron chi connectivity index (χ2n) is 8.72. The van der Waals surface area contributed by atoms with Gasteiger partial charge < -0.3 is 9.80 Å². The molecule has 2 saturated carbocycles. The highest BCUT2D eigenvalue weighted by Crippen LogP contribution is 2.33. The maximum atomic E-state index is 13.3. The summed E-state index contributed by atoms with van der Waals surface area (Å²) in [5.74, 6) is 0.650. The molecule has 5 heteroatoms. The van der Waals surface area contributed by atoms with Gasteiger partial charge in [-0.3, -0.25) is 9.59 Å². The van der Waals surface area contributed by atoms with Crippen LogP contribution in [0.1, 0.15) is 56.9 Å². The van der Waals surface area contributed by atoms with Crippen LogP contribution in [0.25, 0.3) is 0 Å². The van der Waals surface area contributed by atoms with Crippen LogP contribution in [0.15, 0.2) is 24.3 Å². The van der Waals surface area contributed by atoms with Crippen LogP contribution >= 0.6 is 0 Å². The Labute approximate surface area is 167 Å². The molecule has 0 aromatic heterocycles. The molecule has 1 aliphatic heterocycles. The van der Waals surface area contributed by atoms with Gasteiger partial charge in [0.2, 0.25) is 11.8 Å². The lowest BCUT2D eigenvalue weighted by atomic mass is 9.93. The van der Waals surface area contributed by atoms with E-state index in [-0.39, 0.29) is 23.6 Å². The van der Waals surface area contributed by atoms with Crippen LogP contribution in [0.5, 0.6) is 0 Å². The van der Waals surface area contributed by atoms with Crippen molar-refractivity contribution in [2.45, 2.75) is 63.8 Å². The predicted molar refractivity (Wildman–Crippen MR) is 106 cm³/mol. The lowest BCUT2D eigenvalue weighted by Gasteiger charge is -2.37. The van der Waals surface area contributed by atoms with Crippen LogP contribution < -0.4 is 0 Å². The SMILES string of the molecule is O=C(C1CC1)N1CCC(C(=O)N(CCc2ccc(F)cc2)C2CCCC2)CC1. The largest absolute Gasteiger partial charge is 0.342 e. The van der Waals surface area contributed by atoms with E-state index in [1.54, 1.807) is 0 Å². The Morgan fingerprint density at radius 2 is 1.57 bits per heavy atom. The number of likely N-dealkylation sites (tertiary alicyclic amines) is 1. The van der Waals surface area contributed by atoms with Gasteiger partial charge in [0.1, 0.15) is 5.82 Å². The lowest BCUT2D eigenvalue weighted by molar-refractivity contribution is -0.142. The smallest absolute Gasteiger partial charge is 0.226 e. The van der Waals surface area contributed by atoms with Gasteiger partial charge in [-0.15, -0.1) is 0 Å². The summed E-state index contributed by atoms with van der Waals surface area (Å²) in [6.45, 7) is 2.15. The molecular weight excluding hydrogens is 355 g/mol. The molecule has 4 rings (SSSR count). The Morgan fingerprint density at radius 1 is 0.929 bits per heavy atom. The molecule has 0 unspecified atom stereocenters. The van der Waals surface area contributed by atoms with Crippen molar-refractivity contribution in [2.24, 2.45) is 11.8 Å². The second-order valence-corrected chi connectivity index (χ2v) is 8.72. The highest BCUT2D eigenvalue weighted by atomic mass is 19.1. The monoisotopic (exact) mass is 386 g/mol. The van der Waals surface area contributed by atoms with Crippen LogP contribution in [-0.4, -0.2) is 47.3 Å². The van der Waals surface area contributed by atoms with Crippen LogP contribution in [0.4, 0.5) is 4.39 Å². The summed E-state index contributed by atoms with van der Waals surface area (Å²) >= 11 is 0. The summed E-state index contributed by atoms with van der Waals surface area (Å²) in [4.78, 5) is 29.7. The maximum Gasteiger partial charge on any atom is 0.226 e. The average Bonchev–Trinajstić information content (AvgIpc) is 3.44. The van der Waals surface area contributed by atoms with Crippen LogP contribution in [0, 0.1) is 17.7 Å². The van der Waals surface area contributed by atoms with Crippen molar-refractivity contribution < 1.29 is 14.0 Å². The number of amides is 2. The summed E-state index contributed by atoms with van der Waals surface area (Å²) in [6.07, 6.45) is 8.99. The molecule has 0 atom stereocenters. The number of piperidine rings is 1. The van der Waals surface area contributed by atoms with E-state index < -0.39 is 0 Å². The Bertz CT molecular complexity index is 687. The molecular formula is C23H31FN2O2. The zero-order chi connectivity index (χ0) is 19.5. The molecule has 0 N–H and O–H groups in total. The molecule has 3 aliphatic rings. The quantitative estimate of drug-likeness (QED) is 0.746. The number of carbonyl (C=O) groups excluding carboxylic acids is 2. The van der Waals surface area contributed by atoms with Gasteiger partial charge in [-0.05, 0) is 62.6 Å². The molecule has 0 radical (unpaired) electrons. The van der Waals surface area contributed by atoms with Crippen molar-refractivity contribution >= 4 is 11.8 Å².